The summed E-state index contributed by atoms with van der Waals surface area (Å²) in [5, 5.41) is 3.51. The van der Waals surface area contributed by atoms with E-state index in [-0.39, 0.29) is 5.91 Å². The van der Waals surface area contributed by atoms with Gasteiger partial charge in [-0.15, -0.1) is 11.8 Å². The van der Waals surface area contributed by atoms with Gasteiger partial charge in [0.2, 0.25) is 0 Å². The lowest BCUT2D eigenvalue weighted by Crippen LogP contribution is -2.25. The van der Waals surface area contributed by atoms with E-state index < -0.39 is 0 Å². The van der Waals surface area contributed by atoms with Crippen LogP contribution in [0.5, 0.6) is 0 Å². The number of thioether (sulfide) groups is 1. The highest BCUT2D eigenvalue weighted by molar-refractivity contribution is 8.00. The smallest absolute Gasteiger partial charge is 0.252 e. The summed E-state index contributed by atoms with van der Waals surface area (Å²) in [5.41, 5.74) is 3.39. The molecule has 0 aliphatic heterocycles. The first-order chi connectivity index (χ1) is 11.1. The Balaban J connectivity index is 1.85. The number of aryl methyl sites for hydroxylation is 2. The number of benzene rings is 2. The van der Waals surface area contributed by atoms with Crippen molar-refractivity contribution in [1.29, 1.82) is 0 Å². The molecule has 0 aliphatic carbocycles. The fourth-order valence-electron chi connectivity index (χ4n) is 2.47. The summed E-state index contributed by atoms with van der Waals surface area (Å²) in [5.74, 6) is 0.0259. The van der Waals surface area contributed by atoms with E-state index in [0.29, 0.717) is 11.8 Å². The molecule has 0 fully saturated rings. The summed E-state index contributed by atoms with van der Waals surface area (Å²) in [6.45, 7) is 7.09. The van der Waals surface area contributed by atoms with Crippen LogP contribution in [0.1, 0.15) is 41.8 Å². The van der Waals surface area contributed by atoms with Crippen LogP contribution in [-0.2, 0) is 6.42 Å². The van der Waals surface area contributed by atoms with Crippen LogP contribution in [-0.4, -0.2) is 17.7 Å². The summed E-state index contributed by atoms with van der Waals surface area (Å²) in [4.78, 5) is 13.4. The van der Waals surface area contributed by atoms with Crippen molar-refractivity contribution in [2.75, 3.05) is 6.54 Å². The van der Waals surface area contributed by atoms with E-state index in [9.17, 15) is 4.79 Å². The largest absolute Gasteiger partial charge is 0.352 e. The second-order valence-corrected chi connectivity index (χ2v) is 7.63. The van der Waals surface area contributed by atoms with E-state index in [1.165, 1.54) is 11.1 Å². The standard InChI is InChI=1S/C20H25NOS/c1-15(2)23-19-12-5-4-11-18(19)20(22)21-13-7-10-17-9-6-8-16(3)14-17/h4-6,8-9,11-12,14-15H,7,10,13H2,1-3H3,(H,21,22). The van der Waals surface area contributed by atoms with Gasteiger partial charge in [0, 0.05) is 16.7 Å². The molecule has 1 N–H and O–H groups in total. The van der Waals surface area contributed by atoms with Crippen LogP contribution in [0.4, 0.5) is 0 Å². The van der Waals surface area contributed by atoms with E-state index >= 15 is 0 Å². The van der Waals surface area contributed by atoms with E-state index in [0.717, 1.165) is 23.3 Å². The SMILES string of the molecule is Cc1cccc(CCCNC(=O)c2ccccc2SC(C)C)c1. The zero-order chi connectivity index (χ0) is 16.7. The Bertz CT molecular complexity index is 652. The van der Waals surface area contributed by atoms with Gasteiger partial charge in [-0.25, -0.2) is 0 Å². The van der Waals surface area contributed by atoms with Crippen LogP contribution in [0.25, 0.3) is 0 Å². The van der Waals surface area contributed by atoms with Crippen LogP contribution in [0, 0.1) is 6.92 Å². The lowest BCUT2D eigenvalue weighted by atomic mass is 10.1. The number of nitrogens with one attached hydrogen (secondary N) is 1. The number of carbonyl (C=O) groups is 1. The summed E-state index contributed by atoms with van der Waals surface area (Å²) in [7, 11) is 0. The molecule has 0 aliphatic rings. The van der Waals surface area contributed by atoms with Crippen LogP contribution >= 0.6 is 11.8 Å². The minimum atomic E-state index is 0.0259. The Labute approximate surface area is 143 Å². The molecule has 0 heterocycles. The van der Waals surface area contributed by atoms with Gasteiger partial charge in [-0.2, -0.15) is 0 Å². The molecule has 0 aromatic heterocycles. The van der Waals surface area contributed by atoms with Gasteiger partial charge in [0.05, 0.1) is 5.56 Å². The highest BCUT2D eigenvalue weighted by atomic mass is 32.2. The Morgan fingerprint density at radius 2 is 1.91 bits per heavy atom. The maximum absolute atomic E-state index is 12.4. The Hall–Kier alpha value is -1.74. The van der Waals surface area contributed by atoms with Crippen LogP contribution in [0.3, 0.4) is 0 Å². The molecule has 2 aromatic carbocycles. The third kappa shape index (κ3) is 5.76. The second-order valence-electron chi connectivity index (χ2n) is 6.01. The number of rotatable bonds is 7. The average Bonchev–Trinajstić information content (AvgIpc) is 2.51. The molecular weight excluding hydrogens is 302 g/mol. The van der Waals surface area contributed by atoms with E-state index in [1.54, 1.807) is 11.8 Å². The molecule has 2 rings (SSSR count). The Kier molecular flexibility index (Phi) is 6.72. The zero-order valence-electron chi connectivity index (χ0n) is 14.1. The summed E-state index contributed by atoms with van der Waals surface area (Å²) in [6, 6.07) is 16.4. The highest BCUT2D eigenvalue weighted by Gasteiger charge is 2.11. The summed E-state index contributed by atoms with van der Waals surface area (Å²) >= 11 is 1.73. The maximum atomic E-state index is 12.4. The van der Waals surface area contributed by atoms with Gasteiger partial charge in [0.25, 0.3) is 5.91 Å². The Morgan fingerprint density at radius 1 is 1.13 bits per heavy atom. The quantitative estimate of drug-likeness (QED) is 0.581. The van der Waals surface area contributed by atoms with Gasteiger partial charge in [0.1, 0.15) is 0 Å². The monoisotopic (exact) mass is 327 g/mol. The molecule has 122 valence electrons. The normalized spacial score (nSPS) is 10.8. The molecule has 0 bridgehead atoms. The fourth-order valence-corrected chi connectivity index (χ4v) is 3.42. The Morgan fingerprint density at radius 3 is 2.65 bits per heavy atom. The summed E-state index contributed by atoms with van der Waals surface area (Å²) < 4.78 is 0. The minimum Gasteiger partial charge on any atom is -0.352 e. The average molecular weight is 327 g/mol. The second kappa shape index (κ2) is 8.78. The maximum Gasteiger partial charge on any atom is 0.252 e. The molecule has 23 heavy (non-hydrogen) atoms. The first-order valence-corrected chi connectivity index (χ1v) is 9.03. The van der Waals surface area contributed by atoms with Crippen molar-refractivity contribution in [3.05, 3.63) is 65.2 Å². The molecule has 0 radical (unpaired) electrons. The van der Waals surface area contributed by atoms with Crippen LogP contribution in [0.15, 0.2) is 53.4 Å². The van der Waals surface area contributed by atoms with Crippen molar-refractivity contribution in [1.82, 2.24) is 5.32 Å². The predicted molar refractivity (Wildman–Crippen MR) is 99.3 cm³/mol. The van der Waals surface area contributed by atoms with Crippen molar-refractivity contribution < 1.29 is 4.79 Å². The molecule has 2 aromatic rings. The molecule has 2 nitrogen and oxygen atoms in total. The molecule has 0 saturated heterocycles. The van der Waals surface area contributed by atoms with Gasteiger partial charge < -0.3 is 5.32 Å². The first kappa shape index (κ1) is 17.6. The molecule has 0 spiro atoms. The molecular formula is C20H25NOS. The van der Waals surface area contributed by atoms with E-state index in [4.69, 9.17) is 0 Å². The van der Waals surface area contributed by atoms with Gasteiger partial charge in [-0.05, 0) is 37.5 Å². The van der Waals surface area contributed by atoms with Gasteiger partial charge in [-0.3, -0.25) is 4.79 Å². The van der Waals surface area contributed by atoms with Crippen molar-refractivity contribution in [3.63, 3.8) is 0 Å². The van der Waals surface area contributed by atoms with Gasteiger partial charge >= 0.3 is 0 Å². The van der Waals surface area contributed by atoms with Crippen molar-refractivity contribution in [2.24, 2.45) is 0 Å². The molecule has 3 heteroatoms. The fraction of sp³-hybridized carbons (Fsp3) is 0.350. The van der Waals surface area contributed by atoms with Crippen LogP contribution < -0.4 is 5.32 Å². The number of hydrogen-bond donors (Lipinski definition) is 1. The van der Waals surface area contributed by atoms with Crippen molar-refractivity contribution in [3.8, 4) is 0 Å². The van der Waals surface area contributed by atoms with E-state index in [1.807, 2.05) is 24.3 Å². The van der Waals surface area contributed by atoms with Crippen LogP contribution in [0.2, 0.25) is 0 Å². The minimum absolute atomic E-state index is 0.0259. The third-order valence-corrected chi connectivity index (χ3v) is 4.59. The van der Waals surface area contributed by atoms with E-state index in [2.05, 4.69) is 50.4 Å². The third-order valence-electron chi connectivity index (χ3n) is 3.50. The van der Waals surface area contributed by atoms with Gasteiger partial charge in [0.15, 0.2) is 0 Å². The molecule has 0 saturated carbocycles. The molecule has 1 amide bonds. The van der Waals surface area contributed by atoms with Crippen molar-refractivity contribution in [2.45, 2.75) is 43.8 Å². The van der Waals surface area contributed by atoms with Crippen molar-refractivity contribution >= 4 is 17.7 Å². The lowest BCUT2D eigenvalue weighted by molar-refractivity contribution is 0.0950. The lowest BCUT2D eigenvalue weighted by Gasteiger charge is -2.11. The number of hydrogen-bond acceptors (Lipinski definition) is 2. The topological polar surface area (TPSA) is 29.1 Å². The highest BCUT2D eigenvalue weighted by Crippen LogP contribution is 2.26. The number of carbonyl (C=O) groups excluding carboxylic acids is 1. The summed E-state index contributed by atoms with van der Waals surface area (Å²) in [6.07, 6.45) is 1.94. The molecule has 0 unspecified atom stereocenters. The first-order valence-electron chi connectivity index (χ1n) is 8.15. The number of amides is 1. The molecule has 0 atom stereocenters. The predicted octanol–water partition coefficient (Wildman–Crippen LogP) is 4.86. The van der Waals surface area contributed by atoms with Gasteiger partial charge in [-0.1, -0.05) is 55.8 Å². The zero-order valence-corrected chi connectivity index (χ0v) is 15.0.